The number of carbonyl (C=O) groups is 2. The highest BCUT2D eigenvalue weighted by atomic mass is 35.5. The Hall–Kier alpha value is -1.39. The van der Waals surface area contributed by atoms with Gasteiger partial charge in [0.2, 0.25) is 11.7 Å². The van der Waals surface area contributed by atoms with Crippen LogP contribution in [0.2, 0.25) is 0 Å². The lowest BCUT2D eigenvalue weighted by atomic mass is 9.93. The van der Waals surface area contributed by atoms with Crippen molar-refractivity contribution in [1.82, 2.24) is 5.32 Å². The summed E-state index contributed by atoms with van der Waals surface area (Å²) >= 11 is 5.57. The number of ether oxygens (including phenoxy) is 2. The molecule has 0 fully saturated rings. The highest BCUT2D eigenvalue weighted by Gasteiger charge is 2.44. The Labute approximate surface area is 143 Å². The first-order valence-corrected chi connectivity index (χ1v) is 7.88. The predicted molar refractivity (Wildman–Crippen MR) is 82.4 cm³/mol. The second-order valence-corrected chi connectivity index (χ2v) is 5.64. The minimum Gasteiger partial charge on any atom is -0.478 e. The molecule has 5 N–H and O–H groups in total. The summed E-state index contributed by atoms with van der Waals surface area (Å²) in [6.45, 7) is 0.662. The summed E-state index contributed by atoms with van der Waals surface area (Å²) in [7, 11) is 0. The monoisotopic (exact) mass is 367 g/mol. The molecule has 9 nitrogen and oxygen atoms in total. The first-order valence-electron chi connectivity index (χ1n) is 7.35. The molecule has 24 heavy (non-hydrogen) atoms. The summed E-state index contributed by atoms with van der Waals surface area (Å²) in [6, 6.07) is -0.961. The fourth-order valence-electron chi connectivity index (χ4n) is 2.25. The molecule has 0 radical (unpaired) electrons. The van der Waals surface area contributed by atoms with Crippen molar-refractivity contribution in [3.8, 4) is 0 Å². The minimum absolute atomic E-state index is 0.193. The van der Waals surface area contributed by atoms with Crippen LogP contribution >= 0.6 is 11.6 Å². The Morgan fingerprint density at radius 3 is 2.62 bits per heavy atom. The molecular formula is C14H22ClNO8. The van der Waals surface area contributed by atoms with Gasteiger partial charge >= 0.3 is 5.97 Å². The van der Waals surface area contributed by atoms with E-state index in [1.54, 1.807) is 0 Å². The van der Waals surface area contributed by atoms with Gasteiger partial charge in [-0.25, -0.2) is 4.79 Å². The van der Waals surface area contributed by atoms with E-state index >= 15 is 0 Å². The molecule has 1 aliphatic rings. The predicted octanol–water partition coefficient (Wildman–Crippen LogP) is -1.41. The van der Waals surface area contributed by atoms with E-state index in [0.29, 0.717) is 12.3 Å². The zero-order valence-corrected chi connectivity index (χ0v) is 13.8. The molecule has 5 atom stereocenters. The van der Waals surface area contributed by atoms with E-state index in [1.807, 2.05) is 0 Å². The van der Waals surface area contributed by atoms with E-state index in [2.05, 4.69) is 5.32 Å². The molecule has 1 rings (SSSR count). The number of halogens is 1. The van der Waals surface area contributed by atoms with Gasteiger partial charge in [0.25, 0.3) is 0 Å². The quantitative estimate of drug-likeness (QED) is 0.247. The van der Waals surface area contributed by atoms with Crippen LogP contribution in [0, 0.1) is 0 Å². The number of aliphatic hydroxyl groups is 3. The van der Waals surface area contributed by atoms with Crippen molar-refractivity contribution in [3.05, 3.63) is 11.8 Å². The van der Waals surface area contributed by atoms with Crippen LogP contribution in [0.25, 0.3) is 0 Å². The number of aliphatic hydroxyl groups excluding tert-OH is 3. The van der Waals surface area contributed by atoms with Crippen molar-refractivity contribution in [3.63, 3.8) is 0 Å². The zero-order chi connectivity index (χ0) is 18.3. The summed E-state index contributed by atoms with van der Waals surface area (Å²) in [5.74, 6) is -2.00. The average molecular weight is 368 g/mol. The largest absolute Gasteiger partial charge is 0.478 e. The van der Waals surface area contributed by atoms with Crippen LogP contribution in [0.5, 0.6) is 0 Å². The van der Waals surface area contributed by atoms with Crippen molar-refractivity contribution >= 4 is 23.5 Å². The molecule has 0 unspecified atom stereocenters. The number of alkyl halides is 1. The smallest absolute Gasteiger partial charge is 0.370 e. The molecule has 0 aliphatic carbocycles. The van der Waals surface area contributed by atoms with Crippen molar-refractivity contribution in [2.75, 3.05) is 19.1 Å². The molecule has 1 aliphatic heterocycles. The normalized spacial score (nSPS) is 26.0. The molecule has 0 spiro atoms. The maximum absolute atomic E-state index is 11.4. The molecular weight excluding hydrogens is 346 g/mol. The van der Waals surface area contributed by atoms with Crippen LogP contribution < -0.4 is 5.32 Å². The van der Waals surface area contributed by atoms with Gasteiger partial charge in [-0.1, -0.05) is 0 Å². The van der Waals surface area contributed by atoms with E-state index in [1.165, 1.54) is 13.0 Å². The van der Waals surface area contributed by atoms with Crippen molar-refractivity contribution < 1.29 is 39.5 Å². The SMILES string of the molecule is CC(=O)N[C@H]1[C@H]([C@H](O)[C@H](O)CO)OC(C(=O)O)=C[C@@H]1OCCCCl. The average Bonchev–Trinajstić information content (AvgIpc) is 2.54. The first-order chi connectivity index (χ1) is 11.3. The summed E-state index contributed by atoms with van der Waals surface area (Å²) in [4.78, 5) is 22.7. The van der Waals surface area contributed by atoms with E-state index in [4.69, 9.17) is 31.3 Å². The van der Waals surface area contributed by atoms with Gasteiger partial charge in [0.15, 0.2) is 6.10 Å². The lowest BCUT2D eigenvalue weighted by Gasteiger charge is -2.39. The van der Waals surface area contributed by atoms with E-state index in [-0.39, 0.29) is 6.61 Å². The zero-order valence-electron chi connectivity index (χ0n) is 13.1. The van der Waals surface area contributed by atoms with Gasteiger partial charge < -0.3 is 35.2 Å². The number of carbonyl (C=O) groups excluding carboxylic acids is 1. The number of amides is 1. The fourth-order valence-corrected chi connectivity index (χ4v) is 2.36. The fraction of sp³-hybridized carbons (Fsp3) is 0.714. The maximum atomic E-state index is 11.4. The Balaban J connectivity index is 3.10. The van der Waals surface area contributed by atoms with Crippen LogP contribution in [0.1, 0.15) is 13.3 Å². The van der Waals surface area contributed by atoms with Crippen LogP contribution in [0.15, 0.2) is 11.8 Å². The number of aliphatic carboxylic acids is 1. The summed E-state index contributed by atoms with van der Waals surface area (Å²) in [6.07, 6.45) is -3.80. The highest BCUT2D eigenvalue weighted by Crippen LogP contribution is 2.25. The van der Waals surface area contributed by atoms with Crippen LogP contribution in [-0.4, -0.2) is 81.9 Å². The topological polar surface area (TPSA) is 146 Å². The van der Waals surface area contributed by atoms with Crippen molar-refractivity contribution in [2.24, 2.45) is 0 Å². The molecule has 0 bridgehead atoms. The van der Waals surface area contributed by atoms with E-state index in [0.717, 1.165) is 0 Å². The number of nitrogens with one attached hydrogen (secondary N) is 1. The van der Waals surface area contributed by atoms with Gasteiger partial charge in [-0.2, -0.15) is 0 Å². The number of rotatable bonds is 9. The number of carboxylic acids is 1. The highest BCUT2D eigenvalue weighted by molar-refractivity contribution is 6.17. The Kier molecular flexibility index (Phi) is 8.43. The molecule has 0 aromatic heterocycles. The van der Waals surface area contributed by atoms with Crippen LogP contribution in [-0.2, 0) is 19.1 Å². The van der Waals surface area contributed by atoms with Crippen molar-refractivity contribution in [1.29, 1.82) is 0 Å². The minimum atomic E-state index is -1.64. The van der Waals surface area contributed by atoms with Crippen LogP contribution in [0.4, 0.5) is 0 Å². The van der Waals surface area contributed by atoms with E-state index in [9.17, 15) is 19.8 Å². The Bertz CT molecular complexity index is 472. The molecule has 1 heterocycles. The summed E-state index contributed by atoms with van der Waals surface area (Å²) < 4.78 is 10.7. The van der Waals surface area contributed by atoms with Gasteiger partial charge in [0.1, 0.15) is 18.3 Å². The van der Waals surface area contributed by atoms with Crippen molar-refractivity contribution in [2.45, 2.75) is 43.8 Å². The first kappa shape index (κ1) is 20.7. The lowest BCUT2D eigenvalue weighted by molar-refractivity contribution is -0.151. The van der Waals surface area contributed by atoms with Crippen LogP contribution in [0.3, 0.4) is 0 Å². The lowest BCUT2D eigenvalue weighted by Crippen LogP contribution is -2.60. The van der Waals surface area contributed by atoms with Gasteiger partial charge in [-0.05, 0) is 12.5 Å². The van der Waals surface area contributed by atoms with Gasteiger partial charge in [-0.3, -0.25) is 4.79 Å². The molecule has 0 aromatic carbocycles. The molecule has 10 heteroatoms. The third-order valence-corrected chi connectivity index (χ3v) is 3.64. The van der Waals surface area contributed by atoms with Gasteiger partial charge in [0.05, 0.1) is 12.6 Å². The second-order valence-electron chi connectivity index (χ2n) is 5.26. The van der Waals surface area contributed by atoms with Gasteiger partial charge in [-0.15, -0.1) is 11.6 Å². The molecule has 0 aromatic rings. The molecule has 0 saturated heterocycles. The van der Waals surface area contributed by atoms with Gasteiger partial charge in [0, 0.05) is 19.4 Å². The summed E-state index contributed by atoms with van der Waals surface area (Å²) in [5.41, 5.74) is 0. The second kappa shape index (κ2) is 9.80. The number of carboxylic acid groups (broad SMARTS) is 1. The molecule has 138 valence electrons. The third-order valence-electron chi connectivity index (χ3n) is 3.37. The third kappa shape index (κ3) is 5.60. The van der Waals surface area contributed by atoms with E-state index < -0.39 is 54.7 Å². The standard InChI is InChI=1S/C14H22ClNO8/c1-7(18)16-11-9(23-4-2-3-15)5-10(14(21)22)24-13(11)12(20)8(19)6-17/h5,8-9,11-13,17,19-20H,2-4,6H2,1H3,(H,16,18)(H,21,22)/t8-,9+,11-,12-,13-/m1/s1. The summed E-state index contributed by atoms with van der Waals surface area (Å²) in [5, 5.41) is 40.4. The Morgan fingerprint density at radius 1 is 1.46 bits per heavy atom. The number of hydrogen-bond acceptors (Lipinski definition) is 7. The molecule has 0 saturated carbocycles. The molecule has 1 amide bonds. The number of hydrogen-bond donors (Lipinski definition) is 5. The maximum Gasteiger partial charge on any atom is 0.370 e. The Morgan fingerprint density at radius 2 is 2.12 bits per heavy atom.